The van der Waals surface area contributed by atoms with Crippen LogP contribution in [0.2, 0.25) is 0 Å². The van der Waals surface area contributed by atoms with Crippen molar-refractivity contribution in [1.82, 2.24) is 0 Å². The highest BCUT2D eigenvalue weighted by atomic mass is 14.5. The topological polar surface area (TPSA) is 26.0 Å². The summed E-state index contributed by atoms with van der Waals surface area (Å²) in [5.74, 6) is 0.908. The van der Waals surface area contributed by atoms with E-state index in [0.717, 1.165) is 11.6 Å². The Balaban J connectivity index is 1.95. The summed E-state index contributed by atoms with van der Waals surface area (Å²) in [6.45, 7) is 0. The maximum atomic E-state index is 5.76. The third-order valence-electron chi connectivity index (χ3n) is 3.20. The zero-order valence-electron chi connectivity index (χ0n) is 8.71. The van der Waals surface area contributed by atoms with Crippen molar-refractivity contribution in [2.75, 3.05) is 5.73 Å². The number of benzene rings is 1. The molecule has 0 aromatic heterocycles. The summed E-state index contributed by atoms with van der Waals surface area (Å²) in [4.78, 5) is 0. The van der Waals surface area contributed by atoms with Gasteiger partial charge in [0.25, 0.3) is 0 Å². The molecule has 0 aliphatic heterocycles. The van der Waals surface area contributed by atoms with Gasteiger partial charge in [-0.3, -0.25) is 0 Å². The number of hydrogen-bond donors (Lipinski definition) is 1. The van der Waals surface area contributed by atoms with Crippen LogP contribution in [0.1, 0.15) is 37.7 Å². The highest BCUT2D eigenvalue weighted by Gasteiger charge is 2.13. The predicted molar refractivity (Wildman–Crippen MR) is 61.1 cm³/mol. The van der Waals surface area contributed by atoms with Crippen molar-refractivity contribution in [2.24, 2.45) is 5.92 Å². The van der Waals surface area contributed by atoms with Gasteiger partial charge in [-0.05, 0) is 30.0 Å². The van der Waals surface area contributed by atoms with Crippen molar-refractivity contribution in [3.8, 4) is 0 Å². The van der Waals surface area contributed by atoms with Gasteiger partial charge in [0.05, 0.1) is 0 Å². The number of nitrogens with two attached hydrogens (primary N) is 1. The monoisotopic (exact) mass is 189 g/mol. The van der Waals surface area contributed by atoms with Crippen LogP contribution in [0.3, 0.4) is 0 Å². The Labute approximate surface area is 86.3 Å². The lowest BCUT2D eigenvalue weighted by molar-refractivity contribution is 0.357. The lowest BCUT2D eigenvalue weighted by atomic mass is 9.85. The third kappa shape index (κ3) is 2.50. The first-order chi connectivity index (χ1) is 6.84. The van der Waals surface area contributed by atoms with Gasteiger partial charge in [-0.2, -0.15) is 0 Å². The van der Waals surface area contributed by atoms with E-state index in [2.05, 4.69) is 18.2 Å². The Morgan fingerprint density at radius 1 is 1.14 bits per heavy atom. The van der Waals surface area contributed by atoms with Gasteiger partial charge in [0.1, 0.15) is 0 Å². The molecule has 2 rings (SSSR count). The molecule has 0 unspecified atom stereocenters. The number of anilines is 1. The van der Waals surface area contributed by atoms with Crippen molar-refractivity contribution in [3.63, 3.8) is 0 Å². The van der Waals surface area contributed by atoms with E-state index in [9.17, 15) is 0 Å². The average Bonchev–Trinajstić information content (AvgIpc) is 2.19. The van der Waals surface area contributed by atoms with Crippen LogP contribution < -0.4 is 5.73 Å². The van der Waals surface area contributed by atoms with Crippen LogP contribution in [-0.4, -0.2) is 0 Å². The zero-order valence-corrected chi connectivity index (χ0v) is 8.71. The second-order valence-corrected chi connectivity index (χ2v) is 4.45. The third-order valence-corrected chi connectivity index (χ3v) is 3.20. The van der Waals surface area contributed by atoms with Crippen molar-refractivity contribution in [1.29, 1.82) is 0 Å². The van der Waals surface area contributed by atoms with E-state index in [1.54, 1.807) is 0 Å². The van der Waals surface area contributed by atoms with Gasteiger partial charge in [0.15, 0.2) is 0 Å². The van der Waals surface area contributed by atoms with Gasteiger partial charge in [-0.25, -0.2) is 0 Å². The van der Waals surface area contributed by atoms with Crippen LogP contribution in [0.4, 0.5) is 5.69 Å². The molecule has 0 saturated heterocycles. The summed E-state index contributed by atoms with van der Waals surface area (Å²) >= 11 is 0. The highest BCUT2D eigenvalue weighted by molar-refractivity contribution is 5.40. The van der Waals surface area contributed by atoms with Gasteiger partial charge < -0.3 is 5.73 Å². The minimum Gasteiger partial charge on any atom is -0.399 e. The van der Waals surface area contributed by atoms with E-state index in [-0.39, 0.29) is 0 Å². The van der Waals surface area contributed by atoms with Gasteiger partial charge in [-0.1, -0.05) is 44.2 Å². The Kier molecular flexibility index (Phi) is 3.07. The molecule has 76 valence electrons. The molecule has 0 amide bonds. The summed E-state index contributed by atoms with van der Waals surface area (Å²) < 4.78 is 0. The minimum atomic E-state index is 0.901. The number of nitrogen functional groups attached to an aromatic ring is 1. The Morgan fingerprint density at radius 2 is 1.93 bits per heavy atom. The fourth-order valence-electron chi connectivity index (χ4n) is 2.44. The van der Waals surface area contributed by atoms with E-state index >= 15 is 0 Å². The molecule has 0 radical (unpaired) electrons. The molecule has 0 heterocycles. The maximum absolute atomic E-state index is 5.76. The summed E-state index contributed by atoms with van der Waals surface area (Å²) in [6, 6.07) is 8.34. The second-order valence-electron chi connectivity index (χ2n) is 4.45. The molecule has 2 N–H and O–H groups in total. The lowest BCUT2D eigenvalue weighted by Gasteiger charge is -2.21. The summed E-state index contributed by atoms with van der Waals surface area (Å²) in [5.41, 5.74) is 8.08. The molecule has 1 nitrogen and oxygen atoms in total. The van der Waals surface area contributed by atoms with Gasteiger partial charge >= 0.3 is 0 Å². The zero-order chi connectivity index (χ0) is 9.80. The molecule has 1 aromatic carbocycles. The first-order valence-corrected chi connectivity index (χ1v) is 5.69. The summed E-state index contributed by atoms with van der Waals surface area (Å²) in [7, 11) is 0. The molecule has 1 aliphatic carbocycles. The number of hydrogen-bond acceptors (Lipinski definition) is 1. The van der Waals surface area contributed by atoms with Crippen LogP contribution in [0.25, 0.3) is 0 Å². The van der Waals surface area contributed by atoms with Crippen LogP contribution in [0, 0.1) is 5.92 Å². The fourth-order valence-corrected chi connectivity index (χ4v) is 2.44. The molecular weight excluding hydrogens is 170 g/mol. The van der Waals surface area contributed by atoms with E-state index in [4.69, 9.17) is 5.73 Å². The van der Waals surface area contributed by atoms with Crippen LogP contribution in [-0.2, 0) is 6.42 Å². The largest absolute Gasteiger partial charge is 0.399 e. The second kappa shape index (κ2) is 4.50. The van der Waals surface area contributed by atoms with Gasteiger partial charge in [-0.15, -0.1) is 0 Å². The molecule has 0 spiro atoms. The average molecular weight is 189 g/mol. The van der Waals surface area contributed by atoms with E-state index < -0.39 is 0 Å². The quantitative estimate of drug-likeness (QED) is 0.709. The molecule has 1 heteroatoms. The molecule has 0 atom stereocenters. The predicted octanol–water partition coefficient (Wildman–Crippen LogP) is 3.39. The molecule has 1 aromatic rings. The fraction of sp³-hybridized carbons (Fsp3) is 0.538. The number of rotatable bonds is 2. The van der Waals surface area contributed by atoms with E-state index in [0.29, 0.717) is 0 Å². The molecule has 1 saturated carbocycles. The smallest absolute Gasteiger partial charge is 0.0316 e. The molecule has 1 aliphatic rings. The molecular formula is C13H19N. The highest BCUT2D eigenvalue weighted by Crippen LogP contribution is 2.27. The van der Waals surface area contributed by atoms with Crippen molar-refractivity contribution in [3.05, 3.63) is 29.8 Å². The Morgan fingerprint density at radius 3 is 2.64 bits per heavy atom. The van der Waals surface area contributed by atoms with Crippen molar-refractivity contribution >= 4 is 5.69 Å². The van der Waals surface area contributed by atoms with Crippen LogP contribution in [0.15, 0.2) is 24.3 Å². The Bertz CT molecular complexity index is 287. The molecule has 14 heavy (non-hydrogen) atoms. The standard InChI is InChI=1S/C13H19N/c14-13-8-4-7-12(10-13)9-11-5-2-1-3-6-11/h4,7-8,10-11H,1-3,5-6,9,14H2. The molecule has 0 bridgehead atoms. The van der Waals surface area contributed by atoms with E-state index in [1.165, 1.54) is 44.1 Å². The van der Waals surface area contributed by atoms with Gasteiger partial charge in [0.2, 0.25) is 0 Å². The van der Waals surface area contributed by atoms with Crippen molar-refractivity contribution < 1.29 is 0 Å². The minimum absolute atomic E-state index is 0.901. The Hall–Kier alpha value is -0.980. The first-order valence-electron chi connectivity index (χ1n) is 5.69. The maximum Gasteiger partial charge on any atom is 0.0316 e. The van der Waals surface area contributed by atoms with Crippen LogP contribution in [0.5, 0.6) is 0 Å². The lowest BCUT2D eigenvalue weighted by Crippen LogP contribution is -2.09. The van der Waals surface area contributed by atoms with E-state index in [1.807, 2.05) is 6.07 Å². The molecule has 1 fully saturated rings. The first kappa shape index (κ1) is 9.57. The van der Waals surface area contributed by atoms with Crippen molar-refractivity contribution in [2.45, 2.75) is 38.5 Å². The normalized spacial score (nSPS) is 18.3. The SMILES string of the molecule is Nc1cccc(CC2CCCCC2)c1. The van der Waals surface area contributed by atoms with Gasteiger partial charge in [0, 0.05) is 5.69 Å². The summed E-state index contributed by atoms with van der Waals surface area (Å²) in [6.07, 6.45) is 8.34. The summed E-state index contributed by atoms with van der Waals surface area (Å²) in [5, 5.41) is 0. The van der Waals surface area contributed by atoms with Crippen LogP contribution >= 0.6 is 0 Å².